The Hall–Kier alpha value is -2.89. The predicted molar refractivity (Wildman–Crippen MR) is 116 cm³/mol. The zero-order chi connectivity index (χ0) is 20.9. The molecule has 1 unspecified atom stereocenters. The highest BCUT2D eigenvalue weighted by molar-refractivity contribution is 5.80. The van der Waals surface area contributed by atoms with Crippen molar-refractivity contribution in [2.45, 2.75) is 45.4 Å². The fourth-order valence-electron chi connectivity index (χ4n) is 3.57. The Labute approximate surface area is 173 Å². The summed E-state index contributed by atoms with van der Waals surface area (Å²) in [6.45, 7) is 7.41. The van der Waals surface area contributed by atoms with Gasteiger partial charge in [0.15, 0.2) is 17.5 Å². The van der Waals surface area contributed by atoms with Gasteiger partial charge < -0.3 is 24.8 Å². The topological polar surface area (TPSA) is 64.1 Å². The van der Waals surface area contributed by atoms with Crippen molar-refractivity contribution in [2.24, 2.45) is 4.99 Å². The number of hydrogen-bond acceptors (Lipinski definition) is 4. The molecule has 0 bridgehead atoms. The zero-order valence-corrected chi connectivity index (χ0v) is 17.9. The minimum absolute atomic E-state index is 0.121. The van der Waals surface area contributed by atoms with Crippen molar-refractivity contribution in [1.29, 1.82) is 0 Å². The van der Waals surface area contributed by atoms with Crippen molar-refractivity contribution in [3.05, 3.63) is 53.6 Å². The number of ether oxygens (including phenoxy) is 3. The summed E-state index contributed by atoms with van der Waals surface area (Å²) in [5.74, 6) is 3.15. The molecule has 0 aliphatic carbocycles. The zero-order valence-electron chi connectivity index (χ0n) is 17.9. The van der Waals surface area contributed by atoms with E-state index in [1.807, 2.05) is 43.3 Å². The lowest BCUT2D eigenvalue weighted by Gasteiger charge is -2.38. The second-order valence-electron chi connectivity index (χ2n) is 7.64. The Morgan fingerprint density at radius 1 is 1.21 bits per heavy atom. The second kappa shape index (κ2) is 9.07. The van der Waals surface area contributed by atoms with E-state index in [0.29, 0.717) is 13.2 Å². The SMILES string of the molecule is CCOc1ccc(CNC(=NC)NC2CC(C)(C)Oc3ccccc32)cc1OC. The van der Waals surface area contributed by atoms with Crippen LogP contribution in [0.4, 0.5) is 0 Å². The summed E-state index contributed by atoms with van der Waals surface area (Å²) in [6.07, 6.45) is 0.849. The van der Waals surface area contributed by atoms with Gasteiger partial charge in [-0.25, -0.2) is 0 Å². The highest BCUT2D eigenvalue weighted by Crippen LogP contribution is 2.39. The molecule has 0 aromatic heterocycles. The summed E-state index contributed by atoms with van der Waals surface area (Å²) in [5, 5.41) is 6.95. The molecular formula is C23H31N3O3. The number of nitrogens with zero attached hydrogens (tertiary/aromatic N) is 1. The number of fused-ring (bicyclic) bond motifs is 1. The van der Waals surface area contributed by atoms with Crippen LogP contribution < -0.4 is 24.8 Å². The van der Waals surface area contributed by atoms with Crippen LogP contribution in [0.2, 0.25) is 0 Å². The van der Waals surface area contributed by atoms with E-state index in [2.05, 4.69) is 35.5 Å². The van der Waals surface area contributed by atoms with Crippen LogP contribution in [0, 0.1) is 0 Å². The molecule has 0 saturated heterocycles. The Morgan fingerprint density at radius 2 is 2.00 bits per heavy atom. The first-order valence-electron chi connectivity index (χ1n) is 10.0. The fraction of sp³-hybridized carbons (Fsp3) is 0.435. The molecule has 0 radical (unpaired) electrons. The average molecular weight is 398 g/mol. The highest BCUT2D eigenvalue weighted by Gasteiger charge is 2.33. The molecule has 1 heterocycles. The molecule has 3 rings (SSSR count). The maximum absolute atomic E-state index is 6.12. The van der Waals surface area contributed by atoms with Crippen LogP contribution in [0.3, 0.4) is 0 Å². The number of rotatable bonds is 6. The Morgan fingerprint density at radius 3 is 2.72 bits per heavy atom. The molecule has 1 atom stereocenters. The van der Waals surface area contributed by atoms with Crippen LogP contribution >= 0.6 is 0 Å². The van der Waals surface area contributed by atoms with E-state index >= 15 is 0 Å². The van der Waals surface area contributed by atoms with Gasteiger partial charge in [0.25, 0.3) is 0 Å². The van der Waals surface area contributed by atoms with E-state index in [1.54, 1.807) is 14.2 Å². The molecule has 0 fully saturated rings. The lowest BCUT2D eigenvalue weighted by molar-refractivity contribution is 0.0694. The van der Waals surface area contributed by atoms with Crippen LogP contribution in [-0.2, 0) is 6.54 Å². The molecule has 6 heteroatoms. The van der Waals surface area contributed by atoms with Gasteiger partial charge in [-0.1, -0.05) is 24.3 Å². The summed E-state index contributed by atoms with van der Waals surface area (Å²) in [4.78, 5) is 4.41. The van der Waals surface area contributed by atoms with Gasteiger partial charge in [-0.05, 0) is 44.5 Å². The minimum atomic E-state index is -0.243. The molecule has 29 heavy (non-hydrogen) atoms. The van der Waals surface area contributed by atoms with E-state index in [1.165, 1.54) is 0 Å². The lowest BCUT2D eigenvalue weighted by atomic mass is 9.90. The molecule has 0 amide bonds. The van der Waals surface area contributed by atoms with Crippen molar-refractivity contribution in [3.63, 3.8) is 0 Å². The van der Waals surface area contributed by atoms with Gasteiger partial charge in [0, 0.05) is 25.6 Å². The van der Waals surface area contributed by atoms with Gasteiger partial charge >= 0.3 is 0 Å². The van der Waals surface area contributed by atoms with Gasteiger partial charge in [0.05, 0.1) is 19.8 Å². The molecule has 2 aromatic carbocycles. The van der Waals surface area contributed by atoms with Crippen LogP contribution in [0.5, 0.6) is 17.2 Å². The number of para-hydroxylation sites is 1. The number of hydrogen-bond donors (Lipinski definition) is 2. The summed E-state index contributed by atoms with van der Waals surface area (Å²) in [5.41, 5.74) is 1.99. The molecule has 156 valence electrons. The molecule has 6 nitrogen and oxygen atoms in total. The summed E-state index contributed by atoms with van der Waals surface area (Å²) >= 11 is 0. The quantitative estimate of drug-likeness (QED) is 0.568. The lowest BCUT2D eigenvalue weighted by Crippen LogP contribution is -2.45. The highest BCUT2D eigenvalue weighted by atomic mass is 16.5. The molecule has 0 spiro atoms. The molecule has 2 aromatic rings. The molecular weight excluding hydrogens is 366 g/mol. The van der Waals surface area contributed by atoms with E-state index in [0.717, 1.165) is 40.8 Å². The third kappa shape index (κ3) is 5.13. The van der Waals surface area contributed by atoms with E-state index in [4.69, 9.17) is 14.2 Å². The number of benzene rings is 2. The van der Waals surface area contributed by atoms with E-state index < -0.39 is 0 Å². The van der Waals surface area contributed by atoms with Crippen LogP contribution in [0.15, 0.2) is 47.5 Å². The third-order valence-electron chi connectivity index (χ3n) is 4.90. The maximum Gasteiger partial charge on any atom is 0.191 e. The second-order valence-corrected chi connectivity index (χ2v) is 7.64. The van der Waals surface area contributed by atoms with Crippen molar-refractivity contribution in [3.8, 4) is 17.2 Å². The van der Waals surface area contributed by atoms with Gasteiger partial charge in [0.1, 0.15) is 11.4 Å². The van der Waals surface area contributed by atoms with Crippen LogP contribution in [-0.4, -0.2) is 32.3 Å². The number of guanidine groups is 1. The largest absolute Gasteiger partial charge is 0.493 e. The standard InChI is InChI=1S/C23H31N3O3/c1-6-28-20-12-11-16(13-21(20)27-5)15-25-22(24-4)26-18-14-23(2,3)29-19-10-8-7-9-17(18)19/h7-13,18H,6,14-15H2,1-5H3,(H2,24,25,26). The summed E-state index contributed by atoms with van der Waals surface area (Å²) < 4.78 is 17.2. The normalized spacial score (nSPS) is 17.7. The van der Waals surface area contributed by atoms with Gasteiger partial charge in [-0.3, -0.25) is 4.99 Å². The smallest absolute Gasteiger partial charge is 0.191 e. The van der Waals surface area contributed by atoms with Crippen LogP contribution in [0.1, 0.15) is 44.4 Å². The summed E-state index contributed by atoms with van der Waals surface area (Å²) in [6, 6.07) is 14.2. The number of nitrogens with one attached hydrogen (secondary N) is 2. The number of aliphatic imine (C=N–C) groups is 1. The van der Waals surface area contributed by atoms with E-state index in [-0.39, 0.29) is 11.6 Å². The van der Waals surface area contributed by atoms with Gasteiger partial charge in [-0.15, -0.1) is 0 Å². The first kappa shape index (κ1) is 20.8. The maximum atomic E-state index is 6.12. The Bertz CT molecular complexity index is 864. The predicted octanol–water partition coefficient (Wildman–Crippen LogP) is 4.06. The fourth-order valence-corrected chi connectivity index (χ4v) is 3.57. The molecule has 2 N–H and O–H groups in total. The monoisotopic (exact) mass is 397 g/mol. The Kier molecular flexibility index (Phi) is 6.52. The van der Waals surface area contributed by atoms with Gasteiger partial charge in [-0.2, -0.15) is 0 Å². The van der Waals surface area contributed by atoms with Gasteiger partial charge in [0.2, 0.25) is 0 Å². The van der Waals surface area contributed by atoms with Crippen LogP contribution in [0.25, 0.3) is 0 Å². The average Bonchev–Trinajstić information content (AvgIpc) is 2.71. The molecule has 1 aliphatic rings. The van der Waals surface area contributed by atoms with E-state index in [9.17, 15) is 0 Å². The number of methoxy groups -OCH3 is 1. The first-order valence-corrected chi connectivity index (χ1v) is 10.0. The van der Waals surface area contributed by atoms with Crippen molar-refractivity contribution in [2.75, 3.05) is 20.8 Å². The van der Waals surface area contributed by atoms with Crippen molar-refractivity contribution in [1.82, 2.24) is 10.6 Å². The minimum Gasteiger partial charge on any atom is -0.493 e. The molecule has 0 saturated carbocycles. The van der Waals surface area contributed by atoms with Crippen molar-refractivity contribution >= 4 is 5.96 Å². The summed E-state index contributed by atoms with van der Waals surface area (Å²) in [7, 11) is 3.43. The Balaban J connectivity index is 1.69. The molecule has 1 aliphatic heterocycles. The van der Waals surface area contributed by atoms with Crippen molar-refractivity contribution < 1.29 is 14.2 Å². The third-order valence-corrected chi connectivity index (χ3v) is 4.90. The first-order chi connectivity index (χ1) is 14.0.